The van der Waals surface area contributed by atoms with Gasteiger partial charge in [-0.1, -0.05) is 64.7 Å². The molecule has 1 aromatic rings. The van der Waals surface area contributed by atoms with Gasteiger partial charge in [0.25, 0.3) is 0 Å². The fourth-order valence-electron chi connectivity index (χ4n) is 2.38. The summed E-state index contributed by atoms with van der Waals surface area (Å²) in [5.74, 6) is 0. The van der Waals surface area contributed by atoms with E-state index in [0.717, 1.165) is 18.7 Å². The molecule has 0 aliphatic heterocycles. The minimum Gasteiger partial charge on any atom is -0.338 e. The number of nitrogens with zero attached hydrogens (tertiary/aromatic N) is 1. The molecule has 1 heterocycles. The first kappa shape index (κ1) is 17.7. The van der Waals surface area contributed by atoms with Crippen molar-refractivity contribution >= 4 is 6.21 Å². The molecule has 0 fully saturated rings. The Kier molecular flexibility index (Phi) is 9.58. The Balaban J connectivity index is 1.94. The van der Waals surface area contributed by atoms with Gasteiger partial charge >= 0.3 is 5.63 Å². The number of hydrogen-bond acceptors (Lipinski definition) is 3. The number of aromatic amines is 1. The van der Waals surface area contributed by atoms with Crippen molar-refractivity contribution in [1.29, 1.82) is 0 Å². The van der Waals surface area contributed by atoms with Crippen molar-refractivity contribution in [2.24, 2.45) is 4.99 Å². The lowest BCUT2D eigenvalue weighted by Gasteiger charge is -2.01. The topological polar surface area (TPSA) is 58.4 Å². The highest BCUT2D eigenvalue weighted by atomic mass is 16.5. The maximum Gasteiger partial charge on any atom is 0.366 e. The summed E-state index contributed by atoms with van der Waals surface area (Å²) in [5, 5.41) is 2.55. The number of aryl methyl sites for hydroxylation is 1. The van der Waals surface area contributed by atoms with E-state index in [9.17, 15) is 4.79 Å². The van der Waals surface area contributed by atoms with Crippen LogP contribution in [0.15, 0.2) is 14.3 Å². The Hall–Kier alpha value is -1.32. The molecule has 4 heteroatoms. The molecule has 1 rings (SSSR count). The van der Waals surface area contributed by atoms with E-state index in [-0.39, 0.29) is 5.63 Å². The lowest BCUT2D eigenvalue weighted by atomic mass is 10.1. The van der Waals surface area contributed by atoms with Crippen molar-refractivity contribution in [3.63, 3.8) is 0 Å². The number of H-pyrrole nitrogens is 1. The largest absolute Gasteiger partial charge is 0.366 e. The summed E-state index contributed by atoms with van der Waals surface area (Å²) in [5.41, 5.74) is 0.952. The molecule has 4 nitrogen and oxygen atoms in total. The summed E-state index contributed by atoms with van der Waals surface area (Å²) >= 11 is 0. The lowest BCUT2D eigenvalue weighted by Crippen LogP contribution is -2.01. The average molecular weight is 294 g/mol. The van der Waals surface area contributed by atoms with E-state index >= 15 is 0 Å². The van der Waals surface area contributed by atoms with E-state index in [0.29, 0.717) is 5.56 Å². The second-order valence-corrected chi connectivity index (χ2v) is 5.75. The molecule has 1 aromatic heterocycles. The van der Waals surface area contributed by atoms with Gasteiger partial charge in [-0.25, -0.2) is 9.95 Å². The third-order valence-electron chi connectivity index (χ3n) is 3.78. The highest BCUT2D eigenvalue weighted by molar-refractivity contribution is 5.80. The highest BCUT2D eigenvalue weighted by Crippen LogP contribution is 2.10. The Bertz CT molecular complexity index is 446. The van der Waals surface area contributed by atoms with Crippen LogP contribution in [0.25, 0.3) is 0 Å². The fraction of sp³-hybridized carbons (Fsp3) is 0.765. The third kappa shape index (κ3) is 7.88. The summed E-state index contributed by atoms with van der Waals surface area (Å²) < 4.78 is 4.68. The zero-order valence-corrected chi connectivity index (χ0v) is 13.6. The SMILES string of the molecule is CCCCCCCCCCCCN=Cc1c(C)[nH]oc1=O. The van der Waals surface area contributed by atoms with Gasteiger partial charge in [0, 0.05) is 12.8 Å². The van der Waals surface area contributed by atoms with Crippen molar-refractivity contribution in [2.75, 3.05) is 6.54 Å². The molecule has 0 saturated heterocycles. The highest BCUT2D eigenvalue weighted by Gasteiger charge is 2.03. The molecule has 120 valence electrons. The summed E-state index contributed by atoms with van der Waals surface area (Å²) in [7, 11) is 0. The van der Waals surface area contributed by atoms with Crippen LogP contribution in [0.5, 0.6) is 0 Å². The van der Waals surface area contributed by atoms with Gasteiger partial charge in [0.05, 0.1) is 5.69 Å². The smallest absolute Gasteiger partial charge is 0.338 e. The van der Waals surface area contributed by atoms with Crippen LogP contribution in [0.4, 0.5) is 0 Å². The second-order valence-electron chi connectivity index (χ2n) is 5.75. The first-order valence-corrected chi connectivity index (χ1v) is 8.43. The van der Waals surface area contributed by atoms with E-state index < -0.39 is 0 Å². The normalized spacial score (nSPS) is 11.5. The third-order valence-corrected chi connectivity index (χ3v) is 3.78. The molecule has 0 aromatic carbocycles. The summed E-state index contributed by atoms with van der Waals surface area (Å²) in [6.45, 7) is 4.86. The minimum absolute atomic E-state index is 0.334. The fourth-order valence-corrected chi connectivity index (χ4v) is 2.38. The van der Waals surface area contributed by atoms with Crippen LogP contribution in [-0.4, -0.2) is 17.9 Å². The number of aliphatic imine (C=N–C) groups is 1. The van der Waals surface area contributed by atoms with Crippen LogP contribution >= 0.6 is 0 Å². The molecule has 0 amide bonds. The number of rotatable bonds is 12. The predicted octanol–water partition coefficient (Wildman–Crippen LogP) is 4.62. The van der Waals surface area contributed by atoms with Crippen LogP contribution in [0.2, 0.25) is 0 Å². The number of aromatic nitrogens is 1. The zero-order chi connectivity index (χ0) is 15.3. The van der Waals surface area contributed by atoms with Crippen molar-refractivity contribution < 1.29 is 4.52 Å². The first-order chi connectivity index (χ1) is 10.3. The predicted molar refractivity (Wildman–Crippen MR) is 88.4 cm³/mol. The summed E-state index contributed by atoms with van der Waals surface area (Å²) in [4.78, 5) is 15.6. The number of nitrogens with one attached hydrogen (secondary N) is 1. The Morgan fingerprint density at radius 1 is 1.00 bits per heavy atom. The molecule has 0 spiro atoms. The molecule has 0 aliphatic carbocycles. The van der Waals surface area contributed by atoms with E-state index in [1.165, 1.54) is 57.8 Å². The second kappa shape index (κ2) is 11.4. The summed E-state index contributed by atoms with van der Waals surface area (Å²) in [6.07, 6.45) is 14.9. The van der Waals surface area contributed by atoms with Gasteiger partial charge in [0.1, 0.15) is 5.56 Å². The Morgan fingerprint density at radius 3 is 2.10 bits per heavy atom. The van der Waals surface area contributed by atoms with Crippen molar-refractivity contribution in [1.82, 2.24) is 5.16 Å². The number of hydrogen-bond donors (Lipinski definition) is 1. The van der Waals surface area contributed by atoms with Crippen LogP contribution in [-0.2, 0) is 0 Å². The molecule has 0 unspecified atom stereocenters. The first-order valence-electron chi connectivity index (χ1n) is 8.43. The molecule has 0 saturated carbocycles. The van der Waals surface area contributed by atoms with E-state index in [4.69, 9.17) is 0 Å². The molecule has 0 bridgehead atoms. The quantitative estimate of drug-likeness (QED) is 0.452. The van der Waals surface area contributed by atoms with Gasteiger partial charge in [-0.15, -0.1) is 0 Å². The molecule has 0 radical (unpaired) electrons. The molecular weight excluding hydrogens is 264 g/mol. The molecule has 1 N–H and O–H groups in total. The Morgan fingerprint density at radius 2 is 1.57 bits per heavy atom. The van der Waals surface area contributed by atoms with Crippen molar-refractivity contribution in [3.8, 4) is 0 Å². The van der Waals surface area contributed by atoms with Gasteiger partial charge in [-0.2, -0.15) is 0 Å². The minimum atomic E-state index is -0.334. The van der Waals surface area contributed by atoms with Gasteiger partial charge in [-0.05, 0) is 13.3 Å². The van der Waals surface area contributed by atoms with Gasteiger partial charge < -0.3 is 4.52 Å². The lowest BCUT2D eigenvalue weighted by molar-refractivity contribution is 0.387. The molecular formula is C17H30N2O2. The maximum atomic E-state index is 11.3. The number of unbranched alkanes of at least 4 members (excludes halogenated alkanes) is 9. The van der Waals surface area contributed by atoms with Gasteiger partial charge in [-0.3, -0.25) is 4.99 Å². The standard InChI is InChI=1S/C17H30N2O2/c1-3-4-5-6-7-8-9-10-11-12-13-18-14-16-15(2)19-21-17(16)20/h14,19H,3-13H2,1-2H3. The van der Waals surface area contributed by atoms with Gasteiger partial charge in [0.15, 0.2) is 0 Å². The maximum absolute atomic E-state index is 11.3. The van der Waals surface area contributed by atoms with E-state index in [2.05, 4.69) is 21.6 Å². The molecule has 0 aliphatic rings. The van der Waals surface area contributed by atoms with Crippen LogP contribution < -0.4 is 5.63 Å². The molecule has 21 heavy (non-hydrogen) atoms. The monoisotopic (exact) mass is 294 g/mol. The van der Waals surface area contributed by atoms with Crippen LogP contribution in [0.3, 0.4) is 0 Å². The van der Waals surface area contributed by atoms with E-state index in [1.54, 1.807) is 6.21 Å². The van der Waals surface area contributed by atoms with Crippen molar-refractivity contribution in [2.45, 2.75) is 78.1 Å². The molecule has 0 atom stereocenters. The zero-order valence-electron chi connectivity index (χ0n) is 13.6. The summed E-state index contributed by atoms with van der Waals surface area (Å²) in [6, 6.07) is 0. The van der Waals surface area contributed by atoms with Crippen molar-refractivity contribution in [3.05, 3.63) is 21.7 Å². The van der Waals surface area contributed by atoms with Crippen LogP contribution in [0, 0.1) is 6.92 Å². The van der Waals surface area contributed by atoms with Crippen LogP contribution in [0.1, 0.15) is 82.4 Å². The average Bonchev–Trinajstić information content (AvgIpc) is 2.80. The van der Waals surface area contributed by atoms with E-state index in [1.807, 2.05) is 6.92 Å². The Labute approximate surface area is 128 Å². The van der Waals surface area contributed by atoms with Gasteiger partial charge in [0.2, 0.25) is 0 Å².